The number of likely N-dealkylation sites (tertiary alicyclic amines) is 1. The van der Waals surface area contributed by atoms with Crippen LogP contribution in [0, 0.1) is 12.8 Å². The highest BCUT2D eigenvalue weighted by molar-refractivity contribution is 5.13. The first-order chi connectivity index (χ1) is 11.2. The average molecular weight is 311 g/mol. The third kappa shape index (κ3) is 3.17. The van der Waals surface area contributed by atoms with Crippen LogP contribution in [0.5, 0.6) is 0 Å². The highest BCUT2D eigenvalue weighted by Crippen LogP contribution is 2.38. The Morgan fingerprint density at radius 3 is 2.70 bits per heavy atom. The van der Waals surface area contributed by atoms with E-state index < -0.39 is 0 Å². The predicted octanol–water partition coefficient (Wildman–Crippen LogP) is 1.35. The fraction of sp³-hybridized carbons (Fsp3) is 0.529. The zero-order valence-corrected chi connectivity index (χ0v) is 13.4. The van der Waals surface area contributed by atoms with E-state index in [0.29, 0.717) is 11.8 Å². The van der Waals surface area contributed by atoms with E-state index in [-0.39, 0.29) is 5.56 Å². The molecule has 2 fully saturated rings. The van der Waals surface area contributed by atoms with Crippen LogP contribution in [0.4, 0.5) is 0 Å². The van der Waals surface area contributed by atoms with E-state index in [4.69, 9.17) is 0 Å². The third-order valence-corrected chi connectivity index (χ3v) is 4.70. The number of aryl methyl sites for hydroxylation is 1. The Balaban J connectivity index is 1.35. The highest BCUT2D eigenvalue weighted by Gasteiger charge is 2.29. The van der Waals surface area contributed by atoms with Gasteiger partial charge in [0.15, 0.2) is 0 Å². The molecule has 2 aromatic rings. The fourth-order valence-electron chi connectivity index (χ4n) is 3.16. The van der Waals surface area contributed by atoms with Gasteiger partial charge in [0, 0.05) is 49.9 Å². The number of hydrogen-bond donors (Lipinski definition) is 0. The molecule has 0 amide bonds. The summed E-state index contributed by atoms with van der Waals surface area (Å²) in [5.41, 5.74) is 3.12. The molecule has 3 heterocycles. The summed E-state index contributed by atoms with van der Waals surface area (Å²) < 4.78 is 1.66. The summed E-state index contributed by atoms with van der Waals surface area (Å²) in [5, 5.41) is 4.54. The maximum absolute atomic E-state index is 12.0. The van der Waals surface area contributed by atoms with Gasteiger partial charge in [-0.3, -0.25) is 19.7 Å². The molecule has 2 aromatic heterocycles. The molecule has 1 saturated heterocycles. The van der Waals surface area contributed by atoms with Crippen molar-refractivity contribution >= 4 is 0 Å². The largest absolute Gasteiger partial charge is 0.297 e. The molecule has 4 rings (SSSR count). The normalized spacial score (nSPS) is 18.8. The van der Waals surface area contributed by atoms with Gasteiger partial charge in [-0.1, -0.05) is 0 Å². The summed E-state index contributed by atoms with van der Waals surface area (Å²) in [6, 6.07) is 3.56. The molecule has 0 bridgehead atoms. The summed E-state index contributed by atoms with van der Waals surface area (Å²) in [5.74, 6) is 1.07. The summed E-state index contributed by atoms with van der Waals surface area (Å²) in [7, 11) is 0. The van der Waals surface area contributed by atoms with Crippen LogP contribution in [-0.4, -0.2) is 37.7 Å². The first-order valence-corrected chi connectivity index (χ1v) is 8.26. The van der Waals surface area contributed by atoms with Crippen molar-refractivity contribution in [2.75, 3.05) is 13.1 Å². The first kappa shape index (κ1) is 14.5. The smallest absolute Gasteiger partial charge is 0.266 e. The van der Waals surface area contributed by atoms with Gasteiger partial charge < -0.3 is 0 Å². The minimum Gasteiger partial charge on any atom is -0.297 e. The van der Waals surface area contributed by atoms with E-state index in [2.05, 4.69) is 20.0 Å². The fourth-order valence-corrected chi connectivity index (χ4v) is 3.16. The van der Waals surface area contributed by atoms with E-state index in [9.17, 15) is 4.79 Å². The van der Waals surface area contributed by atoms with Crippen LogP contribution in [0.25, 0.3) is 0 Å². The van der Waals surface area contributed by atoms with Crippen molar-refractivity contribution in [3.8, 4) is 0 Å². The van der Waals surface area contributed by atoms with Gasteiger partial charge in [-0.05, 0) is 25.8 Å². The Kier molecular flexibility index (Phi) is 3.69. The van der Waals surface area contributed by atoms with Crippen molar-refractivity contribution in [1.29, 1.82) is 0 Å². The van der Waals surface area contributed by atoms with Crippen molar-refractivity contribution in [2.24, 2.45) is 5.92 Å². The summed E-state index contributed by atoms with van der Waals surface area (Å²) >= 11 is 0. The van der Waals surface area contributed by atoms with Gasteiger partial charge in [0.1, 0.15) is 0 Å². The summed E-state index contributed by atoms with van der Waals surface area (Å²) in [6.07, 6.45) is 5.88. The van der Waals surface area contributed by atoms with E-state index in [1.165, 1.54) is 12.8 Å². The second-order valence-corrected chi connectivity index (χ2v) is 6.70. The van der Waals surface area contributed by atoms with Crippen LogP contribution in [0.15, 0.2) is 29.3 Å². The van der Waals surface area contributed by atoms with Crippen molar-refractivity contribution in [1.82, 2.24) is 24.6 Å². The minimum atomic E-state index is 0.0117. The average Bonchev–Trinajstić information content (AvgIpc) is 3.33. The molecule has 2 aliphatic rings. The second-order valence-electron chi connectivity index (χ2n) is 6.70. The van der Waals surface area contributed by atoms with Crippen LogP contribution in [0.3, 0.4) is 0 Å². The van der Waals surface area contributed by atoms with Crippen LogP contribution >= 0.6 is 0 Å². The lowest BCUT2D eigenvalue weighted by atomic mass is 10.00. The maximum atomic E-state index is 12.0. The molecule has 1 aliphatic carbocycles. The lowest BCUT2D eigenvalue weighted by Gasteiger charge is -2.39. The van der Waals surface area contributed by atoms with E-state index in [1.54, 1.807) is 23.1 Å². The molecule has 6 nitrogen and oxygen atoms in total. The van der Waals surface area contributed by atoms with Crippen molar-refractivity contribution in [3.63, 3.8) is 0 Å². The number of rotatable bonds is 5. The minimum absolute atomic E-state index is 0.0117. The number of nitrogens with zero attached hydrogens (tertiary/aromatic N) is 5. The Morgan fingerprint density at radius 2 is 1.96 bits per heavy atom. The SMILES string of the molecule is Cc1nccnc1CN1CC(Cn2nc(C3CC3)ccc2=O)C1. The second kappa shape index (κ2) is 5.85. The monoisotopic (exact) mass is 311 g/mol. The van der Waals surface area contributed by atoms with Gasteiger partial charge >= 0.3 is 0 Å². The van der Waals surface area contributed by atoms with Crippen LogP contribution in [-0.2, 0) is 13.1 Å². The van der Waals surface area contributed by atoms with E-state index in [0.717, 1.165) is 43.3 Å². The van der Waals surface area contributed by atoms with Gasteiger partial charge in [0.05, 0.1) is 23.6 Å². The number of hydrogen-bond acceptors (Lipinski definition) is 5. The lowest BCUT2D eigenvalue weighted by molar-refractivity contribution is 0.0749. The third-order valence-electron chi connectivity index (χ3n) is 4.70. The lowest BCUT2D eigenvalue weighted by Crippen LogP contribution is -2.49. The highest BCUT2D eigenvalue weighted by atomic mass is 16.1. The molecule has 23 heavy (non-hydrogen) atoms. The zero-order valence-electron chi connectivity index (χ0n) is 13.4. The molecule has 0 unspecified atom stereocenters. The standard InChI is InChI=1S/C17H21N5O/c1-12-16(19-7-6-18-12)11-21-8-13(9-21)10-22-17(23)5-4-15(20-22)14-2-3-14/h4-7,13-14H,2-3,8-11H2,1H3. The molecule has 0 N–H and O–H groups in total. The van der Waals surface area contributed by atoms with Crippen LogP contribution < -0.4 is 5.56 Å². The summed E-state index contributed by atoms with van der Waals surface area (Å²) in [6.45, 7) is 5.51. The molecule has 120 valence electrons. The molecule has 0 atom stereocenters. The topological polar surface area (TPSA) is 63.9 Å². The van der Waals surface area contributed by atoms with Gasteiger partial charge in [0.25, 0.3) is 5.56 Å². The first-order valence-electron chi connectivity index (χ1n) is 8.26. The van der Waals surface area contributed by atoms with Gasteiger partial charge in [0.2, 0.25) is 0 Å². The van der Waals surface area contributed by atoms with Gasteiger partial charge in [-0.15, -0.1) is 0 Å². The van der Waals surface area contributed by atoms with E-state index >= 15 is 0 Å². The van der Waals surface area contributed by atoms with Gasteiger partial charge in [-0.25, -0.2) is 4.68 Å². The molecule has 0 radical (unpaired) electrons. The molecular weight excluding hydrogens is 290 g/mol. The molecule has 1 aliphatic heterocycles. The molecule has 0 aromatic carbocycles. The van der Waals surface area contributed by atoms with E-state index in [1.807, 2.05) is 13.0 Å². The van der Waals surface area contributed by atoms with Gasteiger partial charge in [-0.2, -0.15) is 5.10 Å². The zero-order chi connectivity index (χ0) is 15.8. The Labute approximate surface area is 135 Å². The quantitative estimate of drug-likeness (QED) is 0.834. The van der Waals surface area contributed by atoms with Crippen molar-refractivity contribution in [2.45, 2.75) is 38.8 Å². The molecule has 1 saturated carbocycles. The Hall–Kier alpha value is -2.08. The molecule has 6 heteroatoms. The molecular formula is C17H21N5O. The Morgan fingerprint density at radius 1 is 1.17 bits per heavy atom. The summed E-state index contributed by atoms with van der Waals surface area (Å²) in [4.78, 5) is 23.0. The number of aromatic nitrogens is 4. The van der Waals surface area contributed by atoms with Crippen LogP contribution in [0.1, 0.15) is 35.8 Å². The van der Waals surface area contributed by atoms with Crippen LogP contribution in [0.2, 0.25) is 0 Å². The Bertz CT molecular complexity index is 762. The molecule has 0 spiro atoms. The predicted molar refractivity (Wildman–Crippen MR) is 86.0 cm³/mol. The maximum Gasteiger partial charge on any atom is 0.266 e. The van der Waals surface area contributed by atoms with Crippen molar-refractivity contribution < 1.29 is 0 Å². The van der Waals surface area contributed by atoms with Crippen molar-refractivity contribution in [3.05, 3.63) is 52.0 Å².